The molecule has 34 heavy (non-hydrogen) atoms. The molecule has 0 saturated carbocycles. The van der Waals surface area contributed by atoms with Crippen molar-refractivity contribution in [1.82, 2.24) is 24.9 Å². The van der Waals surface area contributed by atoms with Gasteiger partial charge in [0.15, 0.2) is 5.82 Å². The number of nitrogens with one attached hydrogen (secondary N) is 1. The SMILES string of the molecule is Cc1ccc(-n2nc3c(N4CCN(C(=O)Nc5ccccc5F)CC4)nnc(C)c3c2C)cc1. The molecular weight excluding hydrogens is 433 g/mol. The van der Waals surface area contributed by atoms with E-state index in [2.05, 4.69) is 51.6 Å². The number of carbonyl (C=O) groups excluding carboxylic acids is 1. The highest BCUT2D eigenvalue weighted by Gasteiger charge is 2.26. The summed E-state index contributed by atoms with van der Waals surface area (Å²) in [4.78, 5) is 16.4. The molecule has 2 amide bonds. The lowest BCUT2D eigenvalue weighted by atomic mass is 10.2. The third-order valence-electron chi connectivity index (χ3n) is 6.25. The van der Waals surface area contributed by atoms with E-state index in [4.69, 9.17) is 5.10 Å². The van der Waals surface area contributed by atoms with E-state index in [0.717, 1.165) is 28.0 Å². The number of halogens is 1. The molecular formula is C25H26FN7O. The van der Waals surface area contributed by atoms with E-state index in [-0.39, 0.29) is 11.7 Å². The monoisotopic (exact) mass is 459 g/mol. The summed E-state index contributed by atoms with van der Waals surface area (Å²) < 4.78 is 15.8. The number of fused-ring (bicyclic) bond motifs is 1. The maximum atomic E-state index is 13.9. The molecule has 1 aliphatic heterocycles. The van der Waals surface area contributed by atoms with Crippen molar-refractivity contribution in [2.45, 2.75) is 20.8 Å². The first-order valence-corrected chi connectivity index (χ1v) is 11.3. The van der Waals surface area contributed by atoms with Crippen LogP contribution >= 0.6 is 0 Å². The van der Waals surface area contributed by atoms with E-state index < -0.39 is 5.82 Å². The van der Waals surface area contributed by atoms with Crippen molar-refractivity contribution in [3.8, 4) is 5.69 Å². The number of rotatable bonds is 3. The zero-order chi connectivity index (χ0) is 23.8. The van der Waals surface area contributed by atoms with Gasteiger partial charge in [-0.2, -0.15) is 10.2 Å². The first-order valence-electron chi connectivity index (χ1n) is 11.3. The summed E-state index contributed by atoms with van der Waals surface area (Å²) in [5, 5.41) is 17.4. The van der Waals surface area contributed by atoms with Crippen LogP contribution in [0.3, 0.4) is 0 Å². The van der Waals surface area contributed by atoms with Crippen molar-refractivity contribution >= 4 is 28.4 Å². The van der Waals surface area contributed by atoms with Crippen molar-refractivity contribution in [2.24, 2.45) is 0 Å². The highest BCUT2D eigenvalue weighted by molar-refractivity contribution is 5.93. The summed E-state index contributed by atoms with van der Waals surface area (Å²) in [5.74, 6) is 0.259. The number of aromatic nitrogens is 4. The molecule has 0 atom stereocenters. The Morgan fingerprint density at radius 3 is 2.35 bits per heavy atom. The van der Waals surface area contributed by atoms with E-state index in [0.29, 0.717) is 32.0 Å². The second kappa shape index (κ2) is 8.74. The number of hydrogen-bond acceptors (Lipinski definition) is 5. The first-order chi connectivity index (χ1) is 16.4. The van der Waals surface area contributed by atoms with Crippen LogP contribution in [0.5, 0.6) is 0 Å². The highest BCUT2D eigenvalue weighted by atomic mass is 19.1. The van der Waals surface area contributed by atoms with Crippen LogP contribution < -0.4 is 10.2 Å². The fraction of sp³-hybridized carbons (Fsp3) is 0.280. The predicted octanol–water partition coefficient (Wildman–Crippen LogP) is 4.23. The Labute approximate surface area is 197 Å². The molecule has 2 aromatic heterocycles. The van der Waals surface area contributed by atoms with Crippen LogP contribution in [0.25, 0.3) is 16.6 Å². The molecule has 1 fully saturated rings. The maximum Gasteiger partial charge on any atom is 0.322 e. The van der Waals surface area contributed by atoms with E-state index in [1.165, 1.54) is 11.6 Å². The highest BCUT2D eigenvalue weighted by Crippen LogP contribution is 2.30. The minimum absolute atomic E-state index is 0.179. The fourth-order valence-electron chi connectivity index (χ4n) is 4.34. The third-order valence-corrected chi connectivity index (χ3v) is 6.25. The molecule has 8 nitrogen and oxygen atoms in total. The van der Waals surface area contributed by atoms with Crippen LogP contribution in [0.2, 0.25) is 0 Å². The number of carbonyl (C=O) groups is 1. The zero-order valence-electron chi connectivity index (χ0n) is 19.4. The van der Waals surface area contributed by atoms with Crippen LogP contribution in [-0.2, 0) is 0 Å². The Balaban J connectivity index is 1.37. The molecule has 9 heteroatoms. The normalized spacial score (nSPS) is 14.0. The molecule has 0 spiro atoms. The number of aryl methyl sites for hydroxylation is 3. The van der Waals surface area contributed by atoms with E-state index >= 15 is 0 Å². The minimum Gasteiger partial charge on any atom is -0.350 e. The molecule has 0 unspecified atom stereocenters. The van der Waals surface area contributed by atoms with Crippen molar-refractivity contribution in [3.05, 3.63) is 71.3 Å². The average molecular weight is 460 g/mol. The van der Waals surface area contributed by atoms with Gasteiger partial charge < -0.3 is 15.1 Å². The van der Waals surface area contributed by atoms with Crippen LogP contribution in [0.15, 0.2) is 48.5 Å². The maximum absolute atomic E-state index is 13.9. The van der Waals surface area contributed by atoms with Crippen LogP contribution in [-0.4, -0.2) is 57.1 Å². The molecule has 174 valence electrons. The van der Waals surface area contributed by atoms with Gasteiger partial charge >= 0.3 is 6.03 Å². The van der Waals surface area contributed by atoms with E-state index in [1.807, 2.05) is 18.5 Å². The molecule has 1 aliphatic rings. The molecule has 0 radical (unpaired) electrons. The van der Waals surface area contributed by atoms with Gasteiger partial charge in [-0.3, -0.25) is 0 Å². The van der Waals surface area contributed by atoms with Crippen molar-refractivity contribution < 1.29 is 9.18 Å². The largest absolute Gasteiger partial charge is 0.350 e. The Bertz CT molecular complexity index is 1360. The molecule has 5 rings (SSSR count). The van der Waals surface area contributed by atoms with Crippen molar-refractivity contribution in [3.63, 3.8) is 0 Å². The van der Waals surface area contributed by atoms with Gasteiger partial charge in [-0.1, -0.05) is 29.8 Å². The summed E-state index contributed by atoms with van der Waals surface area (Å²) in [7, 11) is 0. The fourth-order valence-corrected chi connectivity index (χ4v) is 4.34. The van der Waals surface area contributed by atoms with Crippen molar-refractivity contribution in [1.29, 1.82) is 0 Å². The molecule has 2 aromatic carbocycles. The molecule has 1 N–H and O–H groups in total. The number of nitrogens with zero attached hydrogens (tertiary/aromatic N) is 6. The van der Waals surface area contributed by atoms with Gasteiger partial charge in [-0.15, -0.1) is 5.10 Å². The second-order valence-corrected chi connectivity index (χ2v) is 8.55. The summed E-state index contributed by atoms with van der Waals surface area (Å²) >= 11 is 0. The predicted molar refractivity (Wildman–Crippen MR) is 130 cm³/mol. The number of hydrogen-bond donors (Lipinski definition) is 1. The number of piperazine rings is 1. The lowest BCUT2D eigenvalue weighted by Crippen LogP contribution is -2.50. The molecule has 0 bridgehead atoms. The lowest BCUT2D eigenvalue weighted by molar-refractivity contribution is 0.208. The number of amides is 2. The van der Waals surface area contributed by atoms with Gasteiger partial charge in [-0.25, -0.2) is 13.9 Å². The number of benzene rings is 2. The lowest BCUT2D eigenvalue weighted by Gasteiger charge is -2.35. The molecule has 1 saturated heterocycles. The third kappa shape index (κ3) is 3.93. The summed E-state index contributed by atoms with van der Waals surface area (Å²) in [6, 6.07) is 14.1. The topological polar surface area (TPSA) is 79.2 Å². The average Bonchev–Trinajstić information content (AvgIpc) is 3.19. The quantitative estimate of drug-likeness (QED) is 0.496. The summed E-state index contributed by atoms with van der Waals surface area (Å²) in [5.41, 5.74) is 5.00. The van der Waals surface area contributed by atoms with Crippen LogP contribution in [0, 0.1) is 26.6 Å². The van der Waals surface area contributed by atoms with Crippen molar-refractivity contribution in [2.75, 3.05) is 36.4 Å². The van der Waals surface area contributed by atoms with Gasteiger partial charge in [0.2, 0.25) is 0 Å². The number of urea groups is 1. The van der Waals surface area contributed by atoms with Gasteiger partial charge in [-0.05, 0) is 45.0 Å². The number of para-hydroxylation sites is 1. The summed E-state index contributed by atoms with van der Waals surface area (Å²) in [6.07, 6.45) is 0. The number of anilines is 2. The first kappa shape index (κ1) is 21.8. The second-order valence-electron chi connectivity index (χ2n) is 8.55. The standard InChI is InChI=1S/C25H26FN7O/c1-16-8-10-19(11-9-16)33-18(3)22-17(2)28-29-24(23(22)30-33)31-12-14-32(15-13-31)25(34)27-21-7-5-4-6-20(21)26/h4-11H,12-15H2,1-3H3,(H,27,34). The van der Waals surface area contributed by atoms with Gasteiger partial charge in [0.25, 0.3) is 0 Å². The van der Waals surface area contributed by atoms with Crippen LogP contribution in [0.4, 0.5) is 20.7 Å². The van der Waals surface area contributed by atoms with E-state index in [1.54, 1.807) is 23.1 Å². The van der Waals surface area contributed by atoms with Gasteiger partial charge in [0, 0.05) is 26.2 Å². The van der Waals surface area contributed by atoms with Gasteiger partial charge in [0.1, 0.15) is 11.3 Å². The van der Waals surface area contributed by atoms with Gasteiger partial charge in [0.05, 0.1) is 28.1 Å². The Morgan fingerprint density at radius 1 is 0.941 bits per heavy atom. The smallest absolute Gasteiger partial charge is 0.322 e. The molecule has 0 aliphatic carbocycles. The zero-order valence-corrected chi connectivity index (χ0v) is 19.4. The summed E-state index contributed by atoms with van der Waals surface area (Å²) in [6.45, 7) is 8.16. The van der Waals surface area contributed by atoms with E-state index in [9.17, 15) is 9.18 Å². The van der Waals surface area contributed by atoms with Crippen LogP contribution in [0.1, 0.15) is 17.0 Å². The molecule has 3 heterocycles. The Morgan fingerprint density at radius 2 is 1.65 bits per heavy atom. The Hall–Kier alpha value is -4.01. The Kier molecular flexibility index (Phi) is 5.61. The minimum atomic E-state index is -0.452. The molecule has 4 aromatic rings.